The minimum atomic E-state index is -0.572. The largest absolute Gasteiger partial charge is 0.366 e. The van der Waals surface area contributed by atoms with Gasteiger partial charge in [-0.25, -0.2) is 9.97 Å². The van der Waals surface area contributed by atoms with E-state index in [1.165, 1.54) is 12.4 Å². The summed E-state index contributed by atoms with van der Waals surface area (Å²) in [6.45, 7) is 10.7. The van der Waals surface area contributed by atoms with Gasteiger partial charge in [-0.15, -0.1) is 5.10 Å². The highest BCUT2D eigenvalue weighted by Gasteiger charge is 2.24. The molecule has 0 radical (unpaired) electrons. The molecular formula is C21H28N8O2. The Morgan fingerprint density at radius 2 is 1.97 bits per heavy atom. The predicted molar refractivity (Wildman–Crippen MR) is 118 cm³/mol. The highest BCUT2D eigenvalue weighted by atomic mass is 16.2. The van der Waals surface area contributed by atoms with Crippen LogP contribution in [0.2, 0.25) is 0 Å². The molecule has 3 aromatic rings. The van der Waals surface area contributed by atoms with Crippen LogP contribution in [0.5, 0.6) is 0 Å². The molecule has 1 unspecified atom stereocenters. The third-order valence-corrected chi connectivity index (χ3v) is 4.66. The molecular weight excluding hydrogens is 396 g/mol. The van der Waals surface area contributed by atoms with E-state index in [0.717, 1.165) is 0 Å². The summed E-state index contributed by atoms with van der Waals surface area (Å²) in [6.07, 6.45) is 4.57. The smallest absolute Gasteiger partial charge is 0.250 e. The number of nitrogens with two attached hydrogens (primary N) is 1. The lowest BCUT2D eigenvalue weighted by Gasteiger charge is -2.25. The number of H-pyrrole nitrogens is 1. The number of anilines is 1. The number of carbonyl (C=O) groups excluding carboxylic acids is 2. The van der Waals surface area contributed by atoms with Crippen LogP contribution in [0, 0.1) is 11.3 Å². The molecule has 0 saturated heterocycles. The summed E-state index contributed by atoms with van der Waals surface area (Å²) in [4.78, 5) is 36.0. The first-order chi connectivity index (χ1) is 14.5. The van der Waals surface area contributed by atoms with Crippen LogP contribution in [0.1, 0.15) is 45.0 Å². The molecule has 5 N–H and O–H groups in total. The number of nitrogens with zero attached hydrogens (tertiary/aromatic N) is 4. The molecule has 3 rings (SSSR count). The van der Waals surface area contributed by atoms with Crippen molar-refractivity contribution in [2.75, 3.05) is 11.9 Å². The second-order valence-electron chi connectivity index (χ2n) is 9.00. The highest BCUT2D eigenvalue weighted by molar-refractivity contribution is 5.99. The molecule has 0 aliphatic rings. The number of amides is 2. The van der Waals surface area contributed by atoms with E-state index in [1.54, 1.807) is 12.3 Å². The maximum Gasteiger partial charge on any atom is 0.250 e. The van der Waals surface area contributed by atoms with Crippen LogP contribution in [-0.2, 0) is 4.79 Å². The lowest BCUT2D eigenvalue weighted by atomic mass is 9.96. The van der Waals surface area contributed by atoms with Crippen LogP contribution in [-0.4, -0.2) is 49.6 Å². The zero-order chi connectivity index (χ0) is 22.8. The summed E-state index contributed by atoms with van der Waals surface area (Å²) < 4.78 is 0. The Morgan fingerprint density at radius 3 is 2.61 bits per heavy atom. The van der Waals surface area contributed by atoms with Crippen molar-refractivity contribution in [2.45, 2.75) is 40.7 Å². The van der Waals surface area contributed by atoms with Gasteiger partial charge in [0.05, 0.1) is 11.8 Å². The van der Waals surface area contributed by atoms with Crippen LogP contribution >= 0.6 is 0 Å². The summed E-state index contributed by atoms with van der Waals surface area (Å²) in [6, 6.07) is 1.15. The first kappa shape index (κ1) is 22.1. The Labute approximate surface area is 180 Å². The summed E-state index contributed by atoms with van der Waals surface area (Å²) in [5.74, 6) is 0.0959. The van der Waals surface area contributed by atoms with E-state index in [4.69, 9.17) is 5.73 Å². The molecule has 0 saturated carbocycles. The first-order valence-corrected chi connectivity index (χ1v) is 10.1. The van der Waals surface area contributed by atoms with Crippen LogP contribution in [0.4, 0.5) is 5.82 Å². The first-order valence-electron chi connectivity index (χ1n) is 10.1. The number of hydrogen-bond donors (Lipinski definition) is 4. The molecule has 3 aromatic heterocycles. The van der Waals surface area contributed by atoms with Crippen LogP contribution in [0.25, 0.3) is 22.4 Å². The molecule has 10 nitrogen and oxygen atoms in total. The highest BCUT2D eigenvalue weighted by Crippen LogP contribution is 2.26. The standard InChI is InChI=1S/C21H28N8O2/c1-11(2)16(20(31)25-10-21(3,4)5)27-15-9-26-29-19(28-15)14-8-24-18-13(14)6-12(7-23-18)17(22)30/h6-9,11,16H,10H2,1-5H3,(H2,22,30)(H,23,24)(H,25,31)(H,27,28,29). The molecule has 3 heterocycles. The normalized spacial score (nSPS) is 12.7. The SMILES string of the molecule is CC(C)C(Nc1cnnc(-c2c[nH]c3ncc(C(N)=O)cc23)n1)C(=O)NCC(C)(C)C. The van der Waals surface area contributed by atoms with Crippen LogP contribution in [0.15, 0.2) is 24.7 Å². The minimum absolute atomic E-state index is 0.0199. The average Bonchev–Trinajstić information content (AvgIpc) is 3.13. The van der Waals surface area contributed by atoms with Gasteiger partial charge in [-0.2, -0.15) is 5.10 Å². The quantitative estimate of drug-likeness (QED) is 0.453. The van der Waals surface area contributed by atoms with Crippen molar-refractivity contribution in [3.05, 3.63) is 30.2 Å². The van der Waals surface area contributed by atoms with E-state index < -0.39 is 11.9 Å². The van der Waals surface area contributed by atoms with Crippen molar-refractivity contribution in [2.24, 2.45) is 17.1 Å². The van der Waals surface area contributed by atoms with Gasteiger partial charge in [-0.1, -0.05) is 34.6 Å². The zero-order valence-corrected chi connectivity index (χ0v) is 18.4. The van der Waals surface area contributed by atoms with Crippen molar-refractivity contribution < 1.29 is 9.59 Å². The molecule has 164 valence electrons. The number of nitrogens with one attached hydrogen (secondary N) is 3. The topological polar surface area (TPSA) is 152 Å². The Balaban J connectivity index is 1.87. The molecule has 0 fully saturated rings. The number of hydrogen-bond acceptors (Lipinski definition) is 7. The Morgan fingerprint density at radius 1 is 1.23 bits per heavy atom. The number of aromatic amines is 1. The fourth-order valence-corrected chi connectivity index (χ4v) is 2.97. The number of pyridine rings is 1. The maximum atomic E-state index is 12.7. The van der Waals surface area contributed by atoms with Gasteiger partial charge in [0.1, 0.15) is 17.5 Å². The number of fused-ring (bicyclic) bond motifs is 1. The third-order valence-electron chi connectivity index (χ3n) is 4.66. The van der Waals surface area contributed by atoms with Gasteiger partial charge in [0.25, 0.3) is 0 Å². The van der Waals surface area contributed by atoms with Gasteiger partial charge < -0.3 is 21.4 Å². The summed E-state index contributed by atoms with van der Waals surface area (Å²) in [5, 5.41) is 14.9. The molecule has 0 aliphatic heterocycles. The molecule has 0 aromatic carbocycles. The second kappa shape index (κ2) is 8.66. The number of rotatable bonds is 7. The monoisotopic (exact) mass is 424 g/mol. The van der Waals surface area contributed by atoms with E-state index in [9.17, 15) is 9.59 Å². The predicted octanol–water partition coefficient (Wildman–Crippen LogP) is 2.11. The van der Waals surface area contributed by atoms with Crippen molar-refractivity contribution in [3.8, 4) is 11.4 Å². The number of carbonyl (C=O) groups is 2. The Hall–Kier alpha value is -3.56. The Bertz CT molecular complexity index is 1100. The van der Waals surface area contributed by atoms with Crippen LogP contribution < -0.4 is 16.4 Å². The fourth-order valence-electron chi connectivity index (χ4n) is 2.97. The van der Waals surface area contributed by atoms with Gasteiger partial charge in [0, 0.05) is 29.9 Å². The maximum absolute atomic E-state index is 12.7. The van der Waals surface area contributed by atoms with Gasteiger partial charge in [-0.3, -0.25) is 9.59 Å². The van der Waals surface area contributed by atoms with Gasteiger partial charge in [0.2, 0.25) is 11.8 Å². The van der Waals surface area contributed by atoms with Crippen molar-refractivity contribution in [3.63, 3.8) is 0 Å². The summed E-state index contributed by atoms with van der Waals surface area (Å²) in [7, 11) is 0. The average molecular weight is 425 g/mol. The minimum Gasteiger partial charge on any atom is -0.366 e. The Kier molecular flexibility index (Phi) is 6.19. The molecule has 31 heavy (non-hydrogen) atoms. The zero-order valence-electron chi connectivity index (χ0n) is 18.4. The van der Waals surface area contributed by atoms with Gasteiger partial charge in [0.15, 0.2) is 5.82 Å². The molecule has 1 atom stereocenters. The number of aromatic nitrogens is 5. The van der Waals surface area contributed by atoms with Crippen molar-refractivity contribution >= 4 is 28.7 Å². The third kappa shape index (κ3) is 5.33. The summed E-state index contributed by atoms with van der Waals surface area (Å²) >= 11 is 0. The van der Waals surface area contributed by atoms with E-state index >= 15 is 0 Å². The van der Waals surface area contributed by atoms with Crippen LogP contribution in [0.3, 0.4) is 0 Å². The molecule has 2 amide bonds. The van der Waals surface area contributed by atoms with E-state index in [1.807, 2.05) is 13.8 Å². The molecule has 0 spiro atoms. The van der Waals surface area contributed by atoms with Gasteiger partial charge >= 0.3 is 0 Å². The lowest BCUT2D eigenvalue weighted by Crippen LogP contribution is -2.45. The van der Waals surface area contributed by atoms with E-state index in [2.05, 4.69) is 56.6 Å². The van der Waals surface area contributed by atoms with E-state index in [0.29, 0.717) is 34.8 Å². The van der Waals surface area contributed by atoms with Gasteiger partial charge in [-0.05, 0) is 17.4 Å². The van der Waals surface area contributed by atoms with Crippen molar-refractivity contribution in [1.29, 1.82) is 0 Å². The molecule has 0 aliphatic carbocycles. The van der Waals surface area contributed by atoms with E-state index in [-0.39, 0.29) is 22.8 Å². The fraction of sp³-hybridized carbons (Fsp3) is 0.429. The summed E-state index contributed by atoms with van der Waals surface area (Å²) in [5.41, 5.74) is 6.83. The second-order valence-corrected chi connectivity index (χ2v) is 9.00. The lowest BCUT2D eigenvalue weighted by molar-refractivity contribution is -0.123. The molecule has 0 bridgehead atoms. The number of primary amides is 1. The molecule has 10 heteroatoms. The van der Waals surface area contributed by atoms with Crippen molar-refractivity contribution in [1.82, 2.24) is 30.5 Å².